The number of aliphatic hydroxyl groups excluding tert-OH is 2. The normalized spacial score (nSPS) is 53.4. The van der Waals surface area contributed by atoms with Crippen LogP contribution in [-0.4, -0.2) is 33.5 Å². The van der Waals surface area contributed by atoms with Crippen LogP contribution in [0.4, 0.5) is 0 Å². The smallest absolute Gasteiger partial charge is 0.312 e. The number of rotatable bonds is 1. The van der Waals surface area contributed by atoms with Crippen LogP contribution >= 0.6 is 0 Å². The van der Waals surface area contributed by atoms with Crippen LogP contribution in [0, 0.1) is 50.2 Å². The third-order valence-electron chi connectivity index (χ3n) is 13.1. The van der Waals surface area contributed by atoms with Crippen LogP contribution in [0.25, 0.3) is 0 Å². The predicted octanol–water partition coefficient (Wildman–Crippen LogP) is 6.20. The molecule has 4 saturated carbocycles. The number of aliphatic hydroxyl groups is 2. The molecule has 9 atom stereocenters. The van der Waals surface area contributed by atoms with Gasteiger partial charge in [-0.1, -0.05) is 60.1 Å². The largest absolute Gasteiger partial charge is 0.481 e. The molecule has 0 aliphatic heterocycles. The lowest BCUT2D eigenvalue weighted by Crippen LogP contribution is -2.67. The highest BCUT2D eigenvalue weighted by Crippen LogP contribution is 2.75. The fourth-order valence-electron chi connectivity index (χ4n) is 10.7. The van der Waals surface area contributed by atoms with Crippen molar-refractivity contribution < 1.29 is 20.1 Å². The minimum absolute atomic E-state index is 0.0218. The van der Waals surface area contributed by atoms with Crippen LogP contribution in [0.1, 0.15) is 106 Å². The summed E-state index contributed by atoms with van der Waals surface area (Å²) in [5, 5.41) is 33.1. The number of fused-ring (bicyclic) bond motifs is 7. The number of carboxylic acid groups (broad SMARTS) is 1. The molecule has 0 saturated heterocycles. The summed E-state index contributed by atoms with van der Waals surface area (Å²) in [6.07, 6.45) is 9.35. The molecule has 3 N–H and O–H groups in total. The maximum absolute atomic E-state index is 12.8. The maximum Gasteiger partial charge on any atom is 0.312 e. The van der Waals surface area contributed by atoms with Gasteiger partial charge in [-0.05, 0) is 103 Å². The molecule has 0 aromatic rings. The van der Waals surface area contributed by atoms with E-state index in [4.69, 9.17) is 0 Å². The molecular formula is C30H48O4. The maximum atomic E-state index is 12.8. The van der Waals surface area contributed by atoms with Crippen molar-refractivity contribution in [1.82, 2.24) is 0 Å². The van der Waals surface area contributed by atoms with E-state index in [1.807, 2.05) is 0 Å². The standard InChI is InChI=1S/C30H48O4/c1-25(2)14-15-30(24(33)34)19(16-25)18-8-9-21-27(5)12-11-22(31)26(3,4)20(27)10-13-28(21,6)29(18,7)17-23(30)32/h8,19-23,31-32H,9-17H2,1-7H3,(H,33,34)/t19-,20+,21-,22+,23+,27-,28+,29-,30-/m1/s1. The fraction of sp³-hybridized carbons (Fsp3) is 0.900. The SMILES string of the molecule is CC1(C)CC[C@@]2(C(=O)O)[C@H](C1)C1=CC[C@@H]3[C@]4(C)CC[C@H](O)C(C)(C)[C@@H]4CC[C@]3(C)[C@]1(C)C[C@@H]2O. The Morgan fingerprint density at radius 2 is 1.53 bits per heavy atom. The minimum Gasteiger partial charge on any atom is -0.481 e. The third-order valence-corrected chi connectivity index (χ3v) is 13.1. The second-order valence-corrected chi connectivity index (χ2v) is 15.2. The van der Waals surface area contributed by atoms with E-state index in [0.29, 0.717) is 24.7 Å². The first kappa shape index (κ1) is 24.8. The number of carboxylic acids is 1. The van der Waals surface area contributed by atoms with E-state index in [2.05, 4.69) is 54.5 Å². The van der Waals surface area contributed by atoms with Gasteiger partial charge in [-0.15, -0.1) is 0 Å². The van der Waals surface area contributed by atoms with Crippen molar-refractivity contribution in [3.8, 4) is 0 Å². The first-order valence-electron chi connectivity index (χ1n) is 13.9. The molecule has 0 spiro atoms. The Balaban J connectivity index is 1.63. The lowest BCUT2D eigenvalue weighted by Gasteiger charge is -2.71. The number of allylic oxidation sites excluding steroid dienone is 2. The Kier molecular flexibility index (Phi) is 5.20. The van der Waals surface area contributed by atoms with Crippen LogP contribution in [0.3, 0.4) is 0 Å². The fourth-order valence-corrected chi connectivity index (χ4v) is 10.7. The van der Waals surface area contributed by atoms with Crippen molar-refractivity contribution in [3.05, 3.63) is 11.6 Å². The monoisotopic (exact) mass is 472 g/mol. The quantitative estimate of drug-likeness (QED) is 0.397. The summed E-state index contributed by atoms with van der Waals surface area (Å²) < 4.78 is 0. The van der Waals surface area contributed by atoms with Crippen molar-refractivity contribution in [2.45, 2.75) is 118 Å². The summed E-state index contributed by atoms with van der Waals surface area (Å²) >= 11 is 0. The van der Waals surface area contributed by atoms with E-state index < -0.39 is 17.5 Å². The molecule has 0 radical (unpaired) electrons. The highest BCUT2D eigenvalue weighted by molar-refractivity contribution is 5.77. The van der Waals surface area contributed by atoms with E-state index >= 15 is 0 Å². The summed E-state index contributed by atoms with van der Waals surface area (Å²) in [4.78, 5) is 12.8. The van der Waals surface area contributed by atoms with Gasteiger partial charge in [0.2, 0.25) is 0 Å². The van der Waals surface area contributed by atoms with Gasteiger partial charge in [-0.25, -0.2) is 0 Å². The summed E-state index contributed by atoms with van der Waals surface area (Å²) in [5.74, 6) is 0.0888. The predicted molar refractivity (Wildman–Crippen MR) is 134 cm³/mol. The molecule has 4 nitrogen and oxygen atoms in total. The van der Waals surface area contributed by atoms with Crippen molar-refractivity contribution in [2.75, 3.05) is 0 Å². The first-order chi connectivity index (χ1) is 15.6. The van der Waals surface area contributed by atoms with Crippen molar-refractivity contribution in [3.63, 3.8) is 0 Å². The van der Waals surface area contributed by atoms with Gasteiger partial charge in [0.05, 0.1) is 12.2 Å². The van der Waals surface area contributed by atoms with Gasteiger partial charge in [-0.2, -0.15) is 0 Å². The molecule has 0 aromatic heterocycles. The topological polar surface area (TPSA) is 77.8 Å². The molecule has 4 fully saturated rings. The molecule has 0 amide bonds. The van der Waals surface area contributed by atoms with Crippen LogP contribution in [0.15, 0.2) is 11.6 Å². The summed E-state index contributed by atoms with van der Waals surface area (Å²) in [5.41, 5.74) is 0.295. The molecule has 0 bridgehead atoms. The Morgan fingerprint density at radius 1 is 0.853 bits per heavy atom. The average Bonchev–Trinajstić information content (AvgIpc) is 2.71. The van der Waals surface area contributed by atoms with E-state index in [0.717, 1.165) is 44.9 Å². The molecule has 34 heavy (non-hydrogen) atoms. The van der Waals surface area contributed by atoms with Gasteiger partial charge >= 0.3 is 5.97 Å². The zero-order chi connectivity index (χ0) is 25.1. The summed E-state index contributed by atoms with van der Waals surface area (Å²) in [6.45, 7) is 16.4. The number of carbonyl (C=O) groups is 1. The molecule has 0 unspecified atom stereocenters. The molecule has 192 valence electrons. The van der Waals surface area contributed by atoms with E-state index in [1.54, 1.807) is 0 Å². The van der Waals surface area contributed by atoms with Crippen LogP contribution in [0.5, 0.6) is 0 Å². The van der Waals surface area contributed by atoms with Gasteiger partial charge in [0.25, 0.3) is 0 Å². The van der Waals surface area contributed by atoms with Crippen LogP contribution < -0.4 is 0 Å². The molecular weight excluding hydrogens is 424 g/mol. The van der Waals surface area contributed by atoms with Crippen molar-refractivity contribution in [1.29, 1.82) is 0 Å². The molecule has 5 rings (SSSR count). The highest BCUT2D eigenvalue weighted by atomic mass is 16.4. The lowest BCUT2D eigenvalue weighted by atomic mass is 9.33. The number of hydrogen-bond acceptors (Lipinski definition) is 3. The Morgan fingerprint density at radius 3 is 2.18 bits per heavy atom. The Bertz CT molecular complexity index is 919. The van der Waals surface area contributed by atoms with E-state index in [-0.39, 0.29) is 39.1 Å². The average molecular weight is 473 g/mol. The van der Waals surface area contributed by atoms with Gasteiger partial charge < -0.3 is 15.3 Å². The molecule has 5 aliphatic rings. The van der Waals surface area contributed by atoms with Gasteiger partial charge in [0.1, 0.15) is 5.41 Å². The second-order valence-electron chi connectivity index (χ2n) is 15.2. The second kappa shape index (κ2) is 7.12. The zero-order valence-electron chi connectivity index (χ0n) is 22.6. The van der Waals surface area contributed by atoms with Gasteiger partial charge in [0.15, 0.2) is 0 Å². The van der Waals surface area contributed by atoms with Crippen LogP contribution in [-0.2, 0) is 4.79 Å². The molecule has 0 heterocycles. The van der Waals surface area contributed by atoms with Gasteiger partial charge in [-0.3, -0.25) is 4.79 Å². The Labute approximate surface area is 206 Å². The molecule has 4 heteroatoms. The number of aliphatic carboxylic acids is 1. The summed E-state index contributed by atoms with van der Waals surface area (Å²) in [6, 6.07) is 0. The minimum atomic E-state index is -1.04. The van der Waals surface area contributed by atoms with Crippen LogP contribution in [0.2, 0.25) is 0 Å². The first-order valence-corrected chi connectivity index (χ1v) is 13.9. The van der Waals surface area contributed by atoms with Crippen molar-refractivity contribution >= 4 is 5.97 Å². The summed E-state index contributed by atoms with van der Waals surface area (Å²) in [7, 11) is 0. The molecule has 5 aliphatic carbocycles. The van der Waals surface area contributed by atoms with Gasteiger partial charge in [0, 0.05) is 0 Å². The third kappa shape index (κ3) is 2.82. The molecule has 0 aromatic carbocycles. The highest BCUT2D eigenvalue weighted by Gasteiger charge is 2.71. The van der Waals surface area contributed by atoms with Crippen molar-refractivity contribution in [2.24, 2.45) is 50.2 Å². The Hall–Kier alpha value is -0.870. The lowest BCUT2D eigenvalue weighted by molar-refractivity contribution is -0.218. The zero-order valence-corrected chi connectivity index (χ0v) is 22.6. The van der Waals surface area contributed by atoms with E-state index in [1.165, 1.54) is 5.57 Å². The number of hydrogen-bond donors (Lipinski definition) is 3. The van der Waals surface area contributed by atoms with E-state index in [9.17, 15) is 20.1 Å².